The maximum Gasteiger partial charge on any atom is 0.410 e. The molecule has 0 unspecified atom stereocenters. The first-order valence-corrected chi connectivity index (χ1v) is 20.6. The van der Waals surface area contributed by atoms with Crippen molar-refractivity contribution in [2.24, 2.45) is 0 Å². The van der Waals surface area contributed by atoms with Crippen LogP contribution in [-0.2, 0) is 29.3 Å². The molecule has 2 aromatic rings. The number of anilines is 2. The zero-order valence-electron chi connectivity index (χ0n) is 30.5. The van der Waals surface area contributed by atoms with Gasteiger partial charge in [0.05, 0.1) is 46.7 Å². The fourth-order valence-corrected chi connectivity index (χ4v) is 10.4. The molecule has 288 valence electrons. The van der Waals surface area contributed by atoms with Crippen molar-refractivity contribution in [1.82, 2.24) is 14.2 Å². The van der Waals surface area contributed by atoms with Gasteiger partial charge in [0.25, 0.3) is 0 Å². The van der Waals surface area contributed by atoms with E-state index in [-0.39, 0.29) is 48.4 Å². The topological polar surface area (TPSA) is 179 Å². The molecular formula is C35H51N5O10S2. The van der Waals surface area contributed by atoms with Gasteiger partial charge in [-0.2, -0.15) is 4.31 Å². The Bertz CT molecular complexity index is 1860. The first-order chi connectivity index (χ1) is 24.4. The minimum atomic E-state index is -3.81. The summed E-state index contributed by atoms with van der Waals surface area (Å²) in [6.45, 7) is 6.65. The highest BCUT2D eigenvalue weighted by molar-refractivity contribution is 7.93. The van der Waals surface area contributed by atoms with E-state index in [4.69, 9.17) is 14.2 Å². The lowest BCUT2D eigenvalue weighted by Crippen LogP contribution is -2.50. The molecule has 1 amide bonds. The number of rotatable bonds is 11. The fourth-order valence-electron chi connectivity index (χ4n) is 7.12. The van der Waals surface area contributed by atoms with E-state index < -0.39 is 60.7 Å². The number of piperidine rings is 1. The van der Waals surface area contributed by atoms with E-state index >= 15 is 0 Å². The molecule has 52 heavy (non-hydrogen) atoms. The smallest absolute Gasteiger partial charge is 0.410 e. The maximum absolute atomic E-state index is 13.7. The molecule has 2 saturated heterocycles. The minimum absolute atomic E-state index is 0.0356. The van der Waals surface area contributed by atoms with E-state index in [1.807, 2.05) is 23.9 Å². The van der Waals surface area contributed by atoms with Crippen molar-refractivity contribution >= 4 is 37.5 Å². The van der Waals surface area contributed by atoms with Crippen molar-refractivity contribution < 1.29 is 46.1 Å². The maximum atomic E-state index is 13.7. The molecule has 1 saturated carbocycles. The summed E-state index contributed by atoms with van der Waals surface area (Å²) < 4.78 is 71.8. The van der Waals surface area contributed by atoms with Gasteiger partial charge in [-0.15, -0.1) is 0 Å². The molecule has 1 spiro atoms. The third-order valence-corrected chi connectivity index (χ3v) is 14.9. The second-order valence-electron chi connectivity index (χ2n) is 15.5. The largest absolute Gasteiger partial charge is 0.491 e. The van der Waals surface area contributed by atoms with E-state index in [2.05, 4.69) is 4.98 Å². The lowest BCUT2D eigenvalue weighted by molar-refractivity contribution is -0.0329. The number of nitrogens with zero attached hydrogens (tertiary/aromatic N) is 5. The molecule has 0 bridgehead atoms. The van der Waals surface area contributed by atoms with Crippen molar-refractivity contribution in [1.29, 1.82) is 0 Å². The Morgan fingerprint density at radius 1 is 1.04 bits per heavy atom. The van der Waals surface area contributed by atoms with Crippen LogP contribution in [0.15, 0.2) is 46.3 Å². The Hall–Kier alpha value is -3.22. The number of benzene rings is 1. The number of hydrogen-bond acceptors (Lipinski definition) is 13. The van der Waals surface area contributed by atoms with Crippen LogP contribution in [0, 0.1) is 0 Å². The first kappa shape index (κ1) is 38.5. The van der Waals surface area contributed by atoms with E-state index in [1.54, 1.807) is 39.0 Å². The van der Waals surface area contributed by atoms with E-state index in [0.717, 1.165) is 24.6 Å². The van der Waals surface area contributed by atoms with Gasteiger partial charge in [0.15, 0.2) is 15.7 Å². The quantitative estimate of drug-likeness (QED) is 0.341. The SMILES string of the molecule is CN1CCN(C)c2ncc(S(=O)(=O)N3CCC4(CC3)C[C@@H](N(C[C@H](O)COc3cccc(S(=O)(=O)C5(CO)CC5)c3)C(=O)OC(C)(C)C)CO4)cc21. The number of sulfonamides is 1. The average molecular weight is 766 g/mol. The van der Waals surface area contributed by atoms with Crippen LogP contribution in [0.4, 0.5) is 16.3 Å². The van der Waals surface area contributed by atoms with Gasteiger partial charge in [-0.3, -0.25) is 0 Å². The molecule has 15 nitrogen and oxygen atoms in total. The van der Waals surface area contributed by atoms with Crippen LogP contribution in [0.2, 0.25) is 0 Å². The third kappa shape index (κ3) is 7.71. The van der Waals surface area contributed by atoms with Crippen LogP contribution in [0.5, 0.6) is 5.75 Å². The Kier molecular flexibility index (Phi) is 10.5. The molecule has 17 heteroatoms. The fraction of sp³-hybridized carbons (Fsp3) is 0.657. The number of aliphatic hydroxyl groups is 2. The second-order valence-corrected chi connectivity index (χ2v) is 19.8. The lowest BCUT2D eigenvalue weighted by atomic mass is 9.88. The average Bonchev–Trinajstić information content (AvgIpc) is 3.82. The predicted molar refractivity (Wildman–Crippen MR) is 193 cm³/mol. The van der Waals surface area contributed by atoms with Crippen LogP contribution >= 0.6 is 0 Å². The van der Waals surface area contributed by atoms with Crippen molar-refractivity contribution in [2.75, 3.05) is 76.4 Å². The number of ether oxygens (including phenoxy) is 3. The zero-order valence-corrected chi connectivity index (χ0v) is 32.2. The molecule has 4 heterocycles. The van der Waals surface area contributed by atoms with Gasteiger partial charge in [-0.05, 0) is 77.1 Å². The summed E-state index contributed by atoms with van der Waals surface area (Å²) in [5.41, 5.74) is -0.691. The lowest BCUT2D eigenvalue weighted by Gasteiger charge is -2.39. The highest BCUT2D eigenvalue weighted by Gasteiger charge is 2.54. The van der Waals surface area contributed by atoms with Gasteiger partial charge < -0.3 is 39.1 Å². The third-order valence-electron chi connectivity index (χ3n) is 10.5. The molecule has 2 N–H and O–H groups in total. The summed E-state index contributed by atoms with van der Waals surface area (Å²) in [7, 11) is -3.72. The summed E-state index contributed by atoms with van der Waals surface area (Å²) in [4.78, 5) is 23.6. The van der Waals surface area contributed by atoms with Gasteiger partial charge in [-0.25, -0.2) is 26.6 Å². The van der Waals surface area contributed by atoms with Gasteiger partial charge >= 0.3 is 6.09 Å². The number of sulfone groups is 1. The highest BCUT2D eigenvalue weighted by Crippen LogP contribution is 2.46. The van der Waals surface area contributed by atoms with Crippen molar-refractivity contribution in [3.05, 3.63) is 36.5 Å². The van der Waals surface area contributed by atoms with Crippen LogP contribution < -0.4 is 14.5 Å². The van der Waals surface area contributed by atoms with Crippen LogP contribution in [0.3, 0.4) is 0 Å². The van der Waals surface area contributed by atoms with Gasteiger partial charge in [0, 0.05) is 46.5 Å². The number of carbonyl (C=O) groups is 1. The summed E-state index contributed by atoms with van der Waals surface area (Å²) in [5.74, 6) is 0.972. The number of fused-ring (bicyclic) bond motifs is 1. The molecule has 1 aromatic heterocycles. The highest BCUT2D eigenvalue weighted by atomic mass is 32.2. The Labute approximate surface area is 306 Å². The molecule has 2 atom stereocenters. The van der Waals surface area contributed by atoms with E-state index in [9.17, 15) is 31.8 Å². The predicted octanol–water partition coefficient (Wildman–Crippen LogP) is 2.26. The van der Waals surface area contributed by atoms with Crippen molar-refractivity contribution in [2.45, 2.75) is 90.8 Å². The first-order valence-electron chi connectivity index (χ1n) is 17.7. The van der Waals surface area contributed by atoms with E-state index in [1.165, 1.54) is 27.5 Å². The summed E-state index contributed by atoms with van der Waals surface area (Å²) in [5, 5.41) is 20.8. The number of carbonyl (C=O) groups excluding carboxylic acids is 1. The Morgan fingerprint density at radius 2 is 1.73 bits per heavy atom. The molecule has 1 aliphatic carbocycles. The summed E-state index contributed by atoms with van der Waals surface area (Å²) >= 11 is 0. The van der Waals surface area contributed by atoms with Gasteiger partial charge in [-0.1, -0.05) is 6.07 Å². The standard InChI is InChI=1S/C35H51N5O10S2/c1-33(2,3)50-32(43)40(21-26(42)23-48-27-7-6-8-28(17-27)51(44,45)35(24-41)9-10-35)25-19-34(49-22-25)11-13-39(14-12-34)52(46,47)29-18-30-31(36-20-29)38(5)16-15-37(30)4/h6-8,17-18,20,25-26,41-42H,9-16,19,21-24H2,1-5H3/t25-,26+/m1/s1. The molecule has 4 aliphatic rings. The van der Waals surface area contributed by atoms with Gasteiger partial charge in [0.2, 0.25) is 10.0 Å². The molecule has 1 aromatic carbocycles. The number of hydrogen-bond donors (Lipinski definition) is 2. The monoisotopic (exact) mass is 765 g/mol. The number of aliphatic hydroxyl groups excluding tert-OH is 2. The molecule has 6 rings (SSSR count). The van der Waals surface area contributed by atoms with Crippen molar-refractivity contribution in [3.8, 4) is 5.75 Å². The van der Waals surface area contributed by atoms with E-state index in [0.29, 0.717) is 32.1 Å². The second kappa shape index (κ2) is 14.2. The normalized spacial score (nSPS) is 22.2. The summed E-state index contributed by atoms with van der Waals surface area (Å²) in [6.07, 6.45) is 1.70. The van der Waals surface area contributed by atoms with Crippen LogP contribution in [0.1, 0.15) is 52.9 Å². The number of pyridine rings is 1. The Morgan fingerprint density at radius 3 is 2.38 bits per heavy atom. The molecule has 0 radical (unpaired) electrons. The molecule has 3 aliphatic heterocycles. The molecular weight excluding hydrogens is 715 g/mol. The van der Waals surface area contributed by atoms with Crippen molar-refractivity contribution in [3.63, 3.8) is 0 Å². The number of aromatic nitrogens is 1. The summed E-state index contributed by atoms with van der Waals surface area (Å²) in [6, 6.07) is 7.19. The number of likely N-dealkylation sites (N-methyl/N-ethyl adjacent to an activating group) is 2. The van der Waals surface area contributed by atoms with Crippen LogP contribution in [0.25, 0.3) is 0 Å². The zero-order chi connectivity index (χ0) is 37.7. The van der Waals surface area contributed by atoms with Crippen LogP contribution in [-0.4, -0.2) is 142 Å². The minimum Gasteiger partial charge on any atom is -0.491 e. The molecule has 3 fully saturated rings. The van der Waals surface area contributed by atoms with Gasteiger partial charge in [0.1, 0.15) is 29.0 Å². The number of amides is 1. The Balaban J connectivity index is 1.09.